The summed E-state index contributed by atoms with van der Waals surface area (Å²) >= 11 is 1.13. The molecule has 43 heavy (non-hydrogen) atoms. The van der Waals surface area contributed by atoms with Crippen LogP contribution < -0.4 is 15.0 Å². The molecule has 1 unspecified atom stereocenters. The summed E-state index contributed by atoms with van der Waals surface area (Å²) in [7, 11) is 0. The Labute approximate surface area is 248 Å². The topological polar surface area (TPSA) is 95.4 Å². The van der Waals surface area contributed by atoms with Crippen molar-refractivity contribution >= 4 is 27.6 Å². The van der Waals surface area contributed by atoms with E-state index in [4.69, 9.17) is 14.2 Å². The lowest BCUT2D eigenvalue weighted by Gasteiger charge is -2.17. The van der Waals surface area contributed by atoms with Gasteiger partial charge in [0, 0.05) is 18.1 Å². The van der Waals surface area contributed by atoms with Gasteiger partial charge in [0.25, 0.3) is 5.56 Å². The molecule has 2 aromatic heterocycles. The van der Waals surface area contributed by atoms with Crippen molar-refractivity contribution in [1.82, 2.24) is 14.2 Å². The van der Waals surface area contributed by atoms with Gasteiger partial charge in [-0.15, -0.1) is 5.10 Å². The number of carbonyl (C=O) groups is 1. The number of H-pyrrole nitrogens is 1. The second-order valence-electron chi connectivity index (χ2n) is 9.68. The van der Waals surface area contributed by atoms with E-state index >= 15 is 0 Å². The predicted octanol–water partition coefficient (Wildman–Crippen LogP) is 7.11. The van der Waals surface area contributed by atoms with Crippen LogP contribution in [0.3, 0.4) is 0 Å². The molecule has 8 nitrogen and oxygen atoms in total. The average Bonchev–Trinajstić information content (AvgIpc) is 3.62. The molecule has 5 aromatic rings. The van der Waals surface area contributed by atoms with Gasteiger partial charge in [0.05, 0.1) is 16.7 Å². The molecule has 0 fully saturated rings. The van der Waals surface area contributed by atoms with Gasteiger partial charge in [-0.3, -0.25) is 14.7 Å². The first-order valence-electron chi connectivity index (χ1n) is 13.6. The Morgan fingerprint density at radius 1 is 0.953 bits per heavy atom. The molecule has 0 saturated carbocycles. The number of rotatable bonds is 13. The van der Waals surface area contributed by atoms with Crippen molar-refractivity contribution < 1.29 is 32.2 Å². The molecule has 224 valence electrons. The Hall–Kier alpha value is -4.58. The van der Waals surface area contributed by atoms with E-state index in [0.717, 1.165) is 29.6 Å². The maximum absolute atomic E-state index is 13.5. The van der Waals surface area contributed by atoms with Crippen LogP contribution in [-0.2, 0) is 22.3 Å². The molecule has 0 bridgehead atoms. The Morgan fingerprint density at radius 3 is 2.42 bits per heavy atom. The first-order chi connectivity index (χ1) is 20.8. The average molecular weight is 612 g/mol. The van der Waals surface area contributed by atoms with Crippen molar-refractivity contribution in [3.63, 3.8) is 0 Å². The van der Waals surface area contributed by atoms with Gasteiger partial charge in [-0.1, -0.05) is 72.2 Å². The van der Waals surface area contributed by atoms with Crippen LogP contribution in [0.5, 0.6) is 11.6 Å². The van der Waals surface area contributed by atoms with Gasteiger partial charge in [0.1, 0.15) is 18.1 Å². The fraction of sp³-hybridized carbons (Fsp3) is 0.258. The smallest absolute Gasteiger partial charge is 0.432 e. The first kappa shape index (κ1) is 29.9. The van der Waals surface area contributed by atoms with Crippen LogP contribution in [0.1, 0.15) is 48.7 Å². The van der Waals surface area contributed by atoms with Gasteiger partial charge in [-0.05, 0) is 43.0 Å². The number of aromatic nitrogens is 3. The van der Waals surface area contributed by atoms with Crippen molar-refractivity contribution in [2.45, 2.75) is 44.7 Å². The predicted molar refractivity (Wildman–Crippen MR) is 155 cm³/mol. The van der Waals surface area contributed by atoms with E-state index in [1.807, 2.05) is 35.4 Å². The summed E-state index contributed by atoms with van der Waals surface area (Å²) < 4.78 is 58.2. The highest BCUT2D eigenvalue weighted by molar-refractivity contribution is 7.13. The molecule has 0 aliphatic carbocycles. The number of unbranched alkanes of at least 4 members (excludes halogenated alkanes) is 2. The highest BCUT2D eigenvalue weighted by atomic mass is 32.1. The van der Waals surface area contributed by atoms with Crippen LogP contribution in [0.25, 0.3) is 10.1 Å². The maximum atomic E-state index is 13.5. The normalized spacial score (nSPS) is 12.3. The van der Waals surface area contributed by atoms with Gasteiger partial charge >= 0.3 is 12.1 Å². The quantitative estimate of drug-likeness (QED) is 0.113. The highest BCUT2D eigenvalue weighted by Crippen LogP contribution is 2.32. The number of benzene rings is 3. The number of ether oxygens (including phenoxy) is 3. The van der Waals surface area contributed by atoms with Crippen molar-refractivity contribution in [1.29, 1.82) is 0 Å². The molecular formula is C31H28F3N3O5S. The number of nitrogens with zero attached hydrogens (tertiary/aromatic N) is 2. The number of hydrogen-bond donors (Lipinski definition) is 1. The van der Waals surface area contributed by atoms with Gasteiger partial charge in [-0.2, -0.15) is 13.2 Å². The summed E-state index contributed by atoms with van der Waals surface area (Å²) in [6.07, 6.45) is -3.17. The highest BCUT2D eigenvalue weighted by Gasteiger charge is 2.34. The third-order valence-electron chi connectivity index (χ3n) is 6.50. The van der Waals surface area contributed by atoms with Crippen LogP contribution in [0.15, 0.2) is 89.7 Å². The number of fused-ring (bicyclic) bond motifs is 1. The lowest BCUT2D eigenvalue weighted by molar-refractivity contribution is -0.145. The van der Waals surface area contributed by atoms with Crippen LogP contribution in [0.2, 0.25) is 0 Å². The first-order valence-corrected chi connectivity index (χ1v) is 14.4. The SMILES string of the molecule is O=C(CCCCCOc1ccc2sn(C(Oc3cc(C(F)(F)F)[nH]n3)c3ccccc3)c(=O)c2c1)OCc1ccccc1. The van der Waals surface area contributed by atoms with E-state index in [1.165, 1.54) is 3.96 Å². The molecule has 1 N–H and O–H groups in total. The van der Waals surface area contributed by atoms with Gasteiger partial charge < -0.3 is 14.2 Å². The van der Waals surface area contributed by atoms with Gasteiger partial charge in [0.15, 0.2) is 0 Å². The number of esters is 1. The zero-order valence-corrected chi connectivity index (χ0v) is 23.7. The zero-order chi connectivity index (χ0) is 30.2. The standard InChI is InChI=1S/C31H28F3N3O5S/c32-31(33,34)26-19-27(36-35-26)42-30(22-12-6-2-7-13-22)37-29(39)24-18-23(15-16-25(24)43-37)40-17-9-3-8-14-28(38)41-20-21-10-4-1-5-11-21/h1-2,4-7,10-13,15-16,18-19,30H,3,8-9,14,17,20H2,(H,35,36). The number of halogens is 3. The van der Waals surface area contributed by atoms with Crippen molar-refractivity contribution in [3.8, 4) is 11.6 Å². The molecule has 0 spiro atoms. The van der Waals surface area contributed by atoms with Gasteiger partial charge in [0.2, 0.25) is 12.1 Å². The Morgan fingerprint density at radius 2 is 1.70 bits per heavy atom. The molecule has 1 atom stereocenters. The second kappa shape index (κ2) is 13.6. The largest absolute Gasteiger partial charge is 0.494 e. The fourth-order valence-electron chi connectivity index (χ4n) is 4.31. The van der Waals surface area contributed by atoms with E-state index in [1.54, 1.807) is 48.5 Å². The second-order valence-corrected chi connectivity index (χ2v) is 10.7. The summed E-state index contributed by atoms with van der Waals surface area (Å²) in [6.45, 7) is 0.662. The summed E-state index contributed by atoms with van der Waals surface area (Å²) in [6, 6.07) is 24.1. The molecule has 0 amide bonds. The molecule has 0 radical (unpaired) electrons. The third kappa shape index (κ3) is 7.83. The molecule has 0 aliphatic heterocycles. The van der Waals surface area contributed by atoms with E-state index in [-0.39, 0.29) is 24.0 Å². The molecule has 2 heterocycles. The van der Waals surface area contributed by atoms with Crippen LogP contribution in [-0.4, -0.2) is 26.7 Å². The van der Waals surface area contributed by atoms with Gasteiger partial charge in [-0.25, -0.2) is 3.96 Å². The van der Waals surface area contributed by atoms with E-state index in [2.05, 4.69) is 5.10 Å². The summed E-state index contributed by atoms with van der Waals surface area (Å²) in [4.78, 5) is 25.4. The van der Waals surface area contributed by atoms with Crippen LogP contribution in [0, 0.1) is 0 Å². The minimum atomic E-state index is -4.62. The minimum absolute atomic E-state index is 0.241. The zero-order valence-electron chi connectivity index (χ0n) is 22.9. The Kier molecular flexibility index (Phi) is 9.45. The van der Waals surface area contributed by atoms with Crippen molar-refractivity contribution in [2.24, 2.45) is 0 Å². The van der Waals surface area contributed by atoms with E-state index < -0.39 is 18.1 Å². The van der Waals surface area contributed by atoms with Crippen molar-refractivity contribution in [2.75, 3.05) is 6.61 Å². The fourth-order valence-corrected chi connectivity index (χ4v) is 5.33. The number of nitrogens with one attached hydrogen (secondary N) is 1. The van der Waals surface area contributed by atoms with Crippen LogP contribution >= 0.6 is 11.5 Å². The molecule has 0 saturated heterocycles. The molecule has 0 aliphatic rings. The van der Waals surface area contributed by atoms with Crippen molar-refractivity contribution in [3.05, 3.63) is 112 Å². The monoisotopic (exact) mass is 611 g/mol. The third-order valence-corrected chi connectivity index (χ3v) is 7.61. The Bertz CT molecular complexity index is 1700. The molecule has 5 rings (SSSR count). The molecule has 3 aromatic carbocycles. The summed E-state index contributed by atoms with van der Waals surface area (Å²) in [5, 5.41) is 5.96. The number of aromatic amines is 1. The van der Waals surface area contributed by atoms with Crippen LogP contribution in [0.4, 0.5) is 13.2 Å². The van der Waals surface area contributed by atoms with E-state index in [0.29, 0.717) is 47.3 Å². The maximum Gasteiger partial charge on any atom is 0.432 e. The number of alkyl halides is 3. The lowest BCUT2D eigenvalue weighted by Crippen LogP contribution is -2.24. The lowest BCUT2D eigenvalue weighted by atomic mass is 10.2. The number of carbonyl (C=O) groups excluding carboxylic acids is 1. The molecular weight excluding hydrogens is 583 g/mol. The number of hydrogen-bond acceptors (Lipinski definition) is 7. The Balaban J connectivity index is 1.19. The summed E-state index contributed by atoms with van der Waals surface area (Å²) in [5.41, 5.74) is 0.0784. The molecule has 12 heteroatoms. The summed E-state index contributed by atoms with van der Waals surface area (Å²) in [5.74, 6) is -0.0232. The minimum Gasteiger partial charge on any atom is -0.494 e. The van der Waals surface area contributed by atoms with E-state index in [9.17, 15) is 22.8 Å².